The Kier molecular flexibility index (Phi) is 3.85. The third-order valence-corrected chi connectivity index (χ3v) is 4.60. The van der Waals surface area contributed by atoms with Crippen LogP contribution in [0.3, 0.4) is 0 Å². The summed E-state index contributed by atoms with van der Waals surface area (Å²) in [5.41, 5.74) is -1.24. The Morgan fingerprint density at radius 2 is 1.92 bits per heavy atom. The molecule has 9 heteroatoms. The number of fused-ring (bicyclic) bond motifs is 1. The van der Waals surface area contributed by atoms with Gasteiger partial charge in [-0.3, -0.25) is 4.79 Å². The van der Waals surface area contributed by atoms with E-state index in [-0.39, 0.29) is 32.9 Å². The SMILES string of the molecule is CS(=O)(=O)c1ccc(C#N)nc1-c1cc(=O)c2c(F)cc(F)cc2[nH]1. The van der Waals surface area contributed by atoms with Crippen molar-refractivity contribution in [1.29, 1.82) is 5.26 Å². The molecule has 3 rings (SSSR count). The second kappa shape index (κ2) is 5.75. The lowest BCUT2D eigenvalue weighted by molar-refractivity contribution is 0.591. The van der Waals surface area contributed by atoms with Crippen LogP contribution in [-0.2, 0) is 9.84 Å². The molecule has 0 aliphatic carbocycles. The van der Waals surface area contributed by atoms with Crippen LogP contribution >= 0.6 is 0 Å². The van der Waals surface area contributed by atoms with E-state index in [1.54, 1.807) is 6.07 Å². The molecule has 2 heterocycles. The van der Waals surface area contributed by atoms with Crippen molar-refractivity contribution in [3.8, 4) is 17.5 Å². The van der Waals surface area contributed by atoms with Gasteiger partial charge in [-0.05, 0) is 18.2 Å². The smallest absolute Gasteiger partial charge is 0.193 e. The van der Waals surface area contributed by atoms with Crippen molar-refractivity contribution in [3.63, 3.8) is 0 Å². The zero-order chi connectivity index (χ0) is 18.4. The molecule has 0 spiro atoms. The van der Waals surface area contributed by atoms with Gasteiger partial charge in [0.05, 0.1) is 21.5 Å². The molecule has 0 aliphatic rings. The normalized spacial score (nSPS) is 11.4. The monoisotopic (exact) mass is 361 g/mol. The number of aromatic amines is 1. The van der Waals surface area contributed by atoms with E-state index >= 15 is 0 Å². The lowest BCUT2D eigenvalue weighted by Gasteiger charge is -2.09. The Hall–Kier alpha value is -3.12. The number of aromatic nitrogens is 2. The van der Waals surface area contributed by atoms with E-state index < -0.39 is 26.9 Å². The van der Waals surface area contributed by atoms with Crippen molar-refractivity contribution in [3.05, 3.63) is 57.9 Å². The molecule has 0 unspecified atom stereocenters. The molecule has 2 aromatic heterocycles. The molecule has 1 N–H and O–H groups in total. The number of hydrogen-bond acceptors (Lipinski definition) is 5. The summed E-state index contributed by atoms with van der Waals surface area (Å²) in [4.78, 5) is 18.5. The van der Waals surface area contributed by atoms with Crippen molar-refractivity contribution in [1.82, 2.24) is 9.97 Å². The van der Waals surface area contributed by atoms with Gasteiger partial charge < -0.3 is 4.98 Å². The van der Waals surface area contributed by atoms with Crippen LogP contribution in [0.25, 0.3) is 22.3 Å². The largest absolute Gasteiger partial charge is 0.353 e. The Bertz CT molecular complexity index is 1230. The second-order valence-electron chi connectivity index (χ2n) is 5.28. The van der Waals surface area contributed by atoms with Gasteiger partial charge in [-0.1, -0.05) is 0 Å². The zero-order valence-electron chi connectivity index (χ0n) is 12.7. The summed E-state index contributed by atoms with van der Waals surface area (Å²) in [6, 6.07) is 6.63. The molecule has 0 amide bonds. The van der Waals surface area contributed by atoms with Crippen LogP contribution < -0.4 is 5.43 Å². The number of rotatable bonds is 2. The summed E-state index contributed by atoms with van der Waals surface area (Å²) in [5, 5.41) is 8.61. The maximum absolute atomic E-state index is 13.8. The quantitative estimate of drug-likeness (QED) is 0.753. The molecule has 6 nitrogen and oxygen atoms in total. The number of hydrogen-bond donors (Lipinski definition) is 1. The summed E-state index contributed by atoms with van der Waals surface area (Å²) in [7, 11) is -3.73. The van der Waals surface area contributed by atoms with Crippen LogP contribution in [0.2, 0.25) is 0 Å². The summed E-state index contributed by atoms with van der Waals surface area (Å²) in [6.07, 6.45) is 0.943. The van der Waals surface area contributed by atoms with Crippen molar-refractivity contribution in [2.75, 3.05) is 6.26 Å². The van der Waals surface area contributed by atoms with Crippen molar-refractivity contribution < 1.29 is 17.2 Å². The fourth-order valence-electron chi connectivity index (χ4n) is 2.44. The van der Waals surface area contributed by atoms with Gasteiger partial charge in [0, 0.05) is 18.4 Å². The Morgan fingerprint density at radius 1 is 1.20 bits per heavy atom. The van der Waals surface area contributed by atoms with E-state index in [2.05, 4.69) is 9.97 Å². The van der Waals surface area contributed by atoms with Crippen molar-refractivity contribution in [2.45, 2.75) is 4.90 Å². The first-order valence-electron chi connectivity index (χ1n) is 6.84. The van der Waals surface area contributed by atoms with Crippen LogP contribution in [0.4, 0.5) is 8.78 Å². The van der Waals surface area contributed by atoms with E-state index in [1.165, 1.54) is 12.1 Å². The predicted molar refractivity (Wildman–Crippen MR) is 85.5 cm³/mol. The highest BCUT2D eigenvalue weighted by Gasteiger charge is 2.19. The van der Waals surface area contributed by atoms with Crippen LogP contribution in [0.1, 0.15) is 5.69 Å². The summed E-state index contributed by atoms with van der Waals surface area (Å²) < 4.78 is 51.1. The molecule has 0 saturated heterocycles. The van der Waals surface area contributed by atoms with Gasteiger partial charge in [-0.15, -0.1) is 0 Å². The third kappa shape index (κ3) is 2.99. The fraction of sp³-hybridized carbons (Fsp3) is 0.0625. The van der Waals surface area contributed by atoms with E-state index in [4.69, 9.17) is 5.26 Å². The first kappa shape index (κ1) is 16.7. The highest BCUT2D eigenvalue weighted by atomic mass is 32.2. The maximum Gasteiger partial charge on any atom is 0.193 e. The molecule has 126 valence electrons. The highest BCUT2D eigenvalue weighted by molar-refractivity contribution is 7.90. The standard InChI is InChI=1S/C16H9F2N3O3S/c1-25(23,24)14-3-2-9(7-19)20-16(14)12-6-13(22)15-10(18)4-8(17)5-11(15)21-12/h2-6H,1H3,(H,21,22). The van der Waals surface area contributed by atoms with Gasteiger partial charge in [0.15, 0.2) is 15.3 Å². The topological polar surface area (TPSA) is 104 Å². The minimum absolute atomic E-state index is 0.0694. The van der Waals surface area contributed by atoms with Gasteiger partial charge in [-0.25, -0.2) is 22.2 Å². The molecule has 0 atom stereocenters. The van der Waals surface area contributed by atoms with Gasteiger partial charge in [0.25, 0.3) is 0 Å². The number of benzene rings is 1. The second-order valence-corrected chi connectivity index (χ2v) is 7.27. The average Bonchev–Trinajstić information content (AvgIpc) is 2.52. The molecular formula is C16H9F2N3O3S. The number of nitriles is 1. The molecule has 0 fully saturated rings. The van der Waals surface area contributed by atoms with Crippen LogP contribution in [0.5, 0.6) is 0 Å². The molecule has 0 radical (unpaired) electrons. The number of halogens is 2. The lowest BCUT2D eigenvalue weighted by atomic mass is 10.1. The molecule has 25 heavy (non-hydrogen) atoms. The first-order valence-corrected chi connectivity index (χ1v) is 8.73. The van der Waals surface area contributed by atoms with Gasteiger partial charge in [0.2, 0.25) is 0 Å². The fourth-order valence-corrected chi connectivity index (χ4v) is 3.26. The molecule has 1 aromatic carbocycles. The van der Waals surface area contributed by atoms with Crippen LogP contribution in [-0.4, -0.2) is 24.6 Å². The number of nitrogens with one attached hydrogen (secondary N) is 1. The first-order chi connectivity index (χ1) is 11.7. The Balaban J connectivity index is 2.42. The predicted octanol–water partition coefficient (Wildman–Crippen LogP) is 2.14. The number of sulfone groups is 1. The summed E-state index contributed by atoms with van der Waals surface area (Å²) in [6.45, 7) is 0. The van der Waals surface area contributed by atoms with Gasteiger partial charge in [-0.2, -0.15) is 5.26 Å². The minimum atomic E-state index is -3.73. The number of pyridine rings is 2. The summed E-state index contributed by atoms with van der Waals surface area (Å²) >= 11 is 0. The summed E-state index contributed by atoms with van der Waals surface area (Å²) in [5.74, 6) is -1.94. The van der Waals surface area contributed by atoms with Crippen molar-refractivity contribution in [2.24, 2.45) is 0 Å². The van der Waals surface area contributed by atoms with Crippen molar-refractivity contribution >= 4 is 20.7 Å². The minimum Gasteiger partial charge on any atom is -0.353 e. The number of nitrogens with zero attached hydrogens (tertiary/aromatic N) is 2. The molecule has 3 aromatic rings. The van der Waals surface area contributed by atoms with Gasteiger partial charge in [0.1, 0.15) is 29.1 Å². The van der Waals surface area contributed by atoms with E-state index in [0.29, 0.717) is 6.07 Å². The Morgan fingerprint density at radius 3 is 2.56 bits per heavy atom. The molecule has 0 aliphatic heterocycles. The lowest BCUT2D eigenvalue weighted by Crippen LogP contribution is -2.09. The van der Waals surface area contributed by atoms with Crippen LogP contribution in [0, 0.1) is 23.0 Å². The molecular weight excluding hydrogens is 352 g/mol. The average molecular weight is 361 g/mol. The van der Waals surface area contributed by atoms with Crippen LogP contribution in [0.15, 0.2) is 40.0 Å². The molecule has 0 saturated carbocycles. The van der Waals surface area contributed by atoms with E-state index in [0.717, 1.165) is 18.4 Å². The van der Waals surface area contributed by atoms with E-state index in [9.17, 15) is 22.0 Å². The third-order valence-electron chi connectivity index (χ3n) is 3.47. The highest BCUT2D eigenvalue weighted by Crippen LogP contribution is 2.25. The van der Waals surface area contributed by atoms with E-state index in [1.807, 2.05) is 0 Å². The van der Waals surface area contributed by atoms with Gasteiger partial charge >= 0.3 is 0 Å². The zero-order valence-corrected chi connectivity index (χ0v) is 13.5. The number of H-pyrrole nitrogens is 1. The Labute approximate surface area is 140 Å². The maximum atomic E-state index is 13.8. The molecule has 0 bridgehead atoms.